The minimum absolute atomic E-state index is 0.233. The van der Waals surface area contributed by atoms with Gasteiger partial charge in [-0.3, -0.25) is 9.59 Å². The lowest BCUT2D eigenvalue weighted by atomic mass is 10.2. The number of amides is 2. The summed E-state index contributed by atoms with van der Waals surface area (Å²) in [5, 5.41) is 4.33. The van der Waals surface area contributed by atoms with Gasteiger partial charge in [-0.15, -0.1) is 0 Å². The Balaban J connectivity index is 1.99. The summed E-state index contributed by atoms with van der Waals surface area (Å²) in [6.45, 7) is 1.73. The van der Waals surface area contributed by atoms with Crippen molar-refractivity contribution in [3.05, 3.63) is 50.6 Å². The number of nitrogens with one attached hydrogen (secondary N) is 1. The maximum Gasteiger partial charge on any atom is 0.277 e. The van der Waals surface area contributed by atoms with Crippen molar-refractivity contribution in [1.29, 1.82) is 0 Å². The van der Waals surface area contributed by atoms with Gasteiger partial charge in [0.2, 0.25) is 0 Å². The Morgan fingerprint density at radius 2 is 1.93 bits per heavy atom. The first-order chi connectivity index (χ1) is 13.9. The molecule has 0 fully saturated rings. The first-order valence-corrected chi connectivity index (χ1v) is 9.93. The van der Waals surface area contributed by atoms with Crippen LogP contribution in [-0.2, 0) is 9.59 Å². The highest BCUT2D eigenvalue weighted by Gasteiger charge is 2.13. The van der Waals surface area contributed by atoms with Gasteiger partial charge in [0.25, 0.3) is 11.8 Å². The van der Waals surface area contributed by atoms with E-state index in [1.165, 1.54) is 6.21 Å². The second-order valence-corrected chi connectivity index (χ2v) is 7.10. The number of hydrazone groups is 1. The molecule has 154 valence electrons. The second-order valence-electron chi connectivity index (χ2n) is 5.53. The molecule has 0 aliphatic heterocycles. The minimum Gasteiger partial charge on any atom is -0.490 e. The van der Waals surface area contributed by atoms with E-state index < -0.39 is 11.8 Å². The summed E-state index contributed by atoms with van der Waals surface area (Å²) in [7, 11) is 0. The zero-order chi connectivity index (χ0) is 21.2. The van der Waals surface area contributed by atoms with Gasteiger partial charge in [0, 0.05) is 0 Å². The predicted molar refractivity (Wildman–Crippen MR) is 118 cm³/mol. The number of rotatable bonds is 10. The van der Waals surface area contributed by atoms with Gasteiger partial charge >= 0.3 is 0 Å². The lowest BCUT2D eigenvalue weighted by Crippen LogP contribution is -2.24. The van der Waals surface area contributed by atoms with Crippen LogP contribution in [0, 0.1) is 3.57 Å². The van der Waals surface area contributed by atoms with Crippen LogP contribution < -0.4 is 25.4 Å². The lowest BCUT2D eigenvalue weighted by Gasteiger charge is -2.13. The van der Waals surface area contributed by atoms with Crippen molar-refractivity contribution in [1.82, 2.24) is 5.43 Å². The molecule has 0 saturated heterocycles. The summed E-state index contributed by atoms with van der Waals surface area (Å²) in [6, 6.07) is 10.3. The van der Waals surface area contributed by atoms with Crippen LogP contribution in [0.15, 0.2) is 41.5 Å². The van der Waals surface area contributed by atoms with Gasteiger partial charge in [-0.1, -0.05) is 23.7 Å². The fraction of sp³-hybridized carbons (Fsp3) is 0.211. The van der Waals surface area contributed by atoms with Crippen molar-refractivity contribution >= 4 is 52.2 Å². The molecule has 2 aromatic rings. The van der Waals surface area contributed by atoms with Gasteiger partial charge in [0.05, 0.1) is 21.4 Å². The SMILES string of the molecule is CCOc1cc(/C=N\NC(=O)COc2ccccc2Cl)cc(I)c1OCC(N)=O. The smallest absolute Gasteiger partial charge is 0.277 e. The highest BCUT2D eigenvalue weighted by molar-refractivity contribution is 14.1. The van der Waals surface area contributed by atoms with Crippen molar-refractivity contribution in [3.8, 4) is 17.2 Å². The number of primary amides is 1. The predicted octanol–water partition coefficient (Wildman–Crippen LogP) is 2.74. The average molecular weight is 532 g/mol. The van der Waals surface area contributed by atoms with E-state index in [4.69, 9.17) is 31.5 Å². The van der Waals surface area contributed by atoms with Crippen molar-refractivity contribution < 1.29 is 23.8 Å². The van der Waals surface area contributed by atoms with Gasteiger partial charge in [-0.05, 0) is 59.3 Å². The van der Waals surface area contributed by atoms with E-state index in [2.05, 4.69) is 10.5 Å². The Morgan fingerprint density at radius 1 is 1.17 bits per heavy atom. The summed E-state index contributed by atoms with van der Waals surface area (Å²) in [4.78, 5) is 22.8. The molecule has 2 rings (SSSR count). The number of hydrogen-bond acceptors (Lipinski definition) is 6. The molecule has 0 aliphatic rings. The molecule has 0 heterocycles. The van der Waals surface area contributed by atoms with Crippen LogP contribution >= 0.6 is 34.2 Å². The van der Waals surface area contributed by atoms with E-state index >= 15 is 0 Å². The molecular weight excluding hydrogens is 513 g/mol. The van der Waals surface area contributed by atoms with Gasteiger partial charge in [0.15, 0.2) is 24.7 Å². The Morgan fingerprint density at radius 3 is 2.62 bits per heavy atom. The van der Waals surface area contributed by atoms with Crippen molar-refractivity contribution in [2.75, 3.05) is 19.8 Å². The molecule has 29 heavy (non-hydrogen) atoms. The fourth-order valence-corrected chi connectivity index (χ4v) is 3.10. The summed E-state index contributed by atoms with van der Waals surface area (Å²) >= 11 is 8.01. The van der Waals surface area contributed by atoms with Crippen molar-refractivity contribution in [2.24, 2.45) is 10.8 Å². The van der Waals surface area contributed by atoms with Crippen LogP contribution in [0.3, 0.4) is 0 Å². The number of nitrogens with zero attached hydrogens (tertiary/aromatic N) is 1. The number of carbonyl (C=O) groups excluding carboxylic acids is 2. The summed E-state index contributed by atoms with van der Waals surface area (Å²) < 4.78 is 17.0. The highest BCUT2D eigenvalue weighted by atomic mass is 127. The number of carbonyl (C=O) groups is 2. The largest absolute Gasteiger partial charge is 0.490 e. The average Bonchev–Trinajstić information content (AvgIpc) is 2.67. The van der Waals surface area contributed by atoms with Crippen LogP contribution in [0.25, 0.3) is 0 Å². The quantitative estimate of drug-likeness (QED) is 0.278. The molecular formula is C19H19ClIN3O5. The normalized spacial score (nSPS) is 10.6. The molecule has 8 nitrogen and oxygen atoms in total. The third kappa shape index (κ3) is 7.42. The van der Waals surface area contributed by atoms with Crippen LogP contribution in [0.2, 0.25) is 5.02 Å². The Hall–Kier alpha value is -2.53. The van der Waals surface area contributed by atoms with Crippen LogP contribution in [0.4, 0.5) is 0 Å². The molecule has 0 aromatic heterocycles. The number of halogens is 2. The van der Waals surface area contributed by atoms with E-state index in [0.717, 1.165) is 0 Å². The van der Waals surface area contributed by atoms with Gasteiger partial charge < -0.3 is 19.9 Å². The number of nitrogens with two attached hydrogens (primary N) is 1. The maximum atomic E-state index is 11.9. The van der Waals surface area contributed by atoms with Crippen LogP contribution in [0.1, 0.15) is 12.5 Å². The van der Waals surface area contributed by atoms with Gasteiger partial charge in [-0.2, -0.15) is 5.10 Å². The lowest BCUT2D eigenvalue weighted by molar-refractivity contribution is -0.123. The molecule has 2 amide bonds. The number of benzene rings is 2. The molecule has 10 heteroatoms. The molecule has 3 N–H and O–H groups in total. The van der Waals surface area contributed by atoms with E-state index in [1.54, 1.807) is 36.4 Å². The Bertz CT molecular complexity index is 907. The first-order valence-electron chi connectivity index (χ1n) is 8.47. The third-order valence-corrected chi connectivity index (χ3v) is 4.40. The molecule has 0 unspecified atom stereocenters. The highest BCUT2D eigenvalue weighted by Crippen LogP contribution is 2.33. The second kappa shape index (κ2) is 11.5. The van der Waals surface area contributed by atoms with E-state index in [-0.39, 0.29) is 13.2 Å². The Kier molecular flexibility index (Phi) is 9.00. The van der Waals surface area contributed by atoms with Crippen molar-refractivity contribution in [2.45, 2.75) is 6.92 Å². The van der Waals surface area contributed by atoms with E-state index in [9.17, 15) is 9.59 Å². The number of ether oxygens (including phenoxy) is 3. The van der Waals surface area contributed by atoms with Crippen molar-refractivity contribution in [3.63, 3.8) is 0 Å². The Labute approximate surface area is 186 Å². The minimum atomic E-state index is -0.587. The molecule has 2 aromatic carbocycles. The molecule has 0 saturated carbocycles. The first kappa shape index (κ1) is 22.8. The topological polar surface area (TPSA) is 112 Å². The van der Waals surface area contributed by atoms with E-state index in [1.807, 2.05) is 29.5 Å². The fourth-order valence-electron chi connectivity index (χ4n) is 2.12. The van der Waals surface area contributed by atoms with Gasteiger partial charge in [-0.25, -0.2) is 5.43 Å². The van der Waals surface area contributed by atoms with Crippen LogP contribution in [-0.4, -0.2) is 37.8 Å². The monoisotopic (exact) mass is 531 g/mol. The summed E-state index contributed by atoms with van der Waals surface area (Å²) in [5.74, 6) is 0.240. The maximum absolute atomic E-state index is 11.9. The summed E-state index contributed by atoms with van der Waals surface area (Å²) in [5.41, 5.74) is 8.16. The summed E-state index contributed by atoms with van der Waals surface area (Å²) in [6.07, 6.45) is 1.45. The molecule has 0 atom stereocenters. The third-order valence-electron chi connectivity index (χ3n) is 3.29. The standard InChI is InChI=1S/C19H19ClIN3O5/c1-2-27-16-8-12(7-14(21)19(16)29-10-17(22)25)9-23-24-18(26)11-28-15-6-4-3-5-13(15)20/h3-9H,2,10-11H2,1H3,(H2,22,25)(H,24,26)/b23-9-. The van der Waals surface area contributed by atoms with Crippen LogP contribution in [0.5, 0.6) is 17.2 Å². The van der Waals surface area contributed by atoms with Gasteiger partial charge in [0.1, 0.15) is 5.75 Å². The molecule has 0 radical (unpaired) electrons. The molecule has 0 bridgehead atoms. The number of hydrogen-bond donors (Lipinski definition) is 2. The molecule has 0 aliphatic carbocycles. The van der Waals surface area contributed by atoms with E-state index in [0.29, 0.717) is 38.0 Å². The number of para-hydroxylation sites is 1. The molecule has 0 spiro atoms. The zero-order valence-corrected chi connectivity index (χ0v) is 18.4. The zero-order valence-electron chi connectivity index (χ0n) is 15.5.